The quantitative estimate of drug-likeness (QED) is 0.751. The normalized spacial score (nSPS) is 10.6. The van der Waals surface area contributed by atoms with Gasteiger partial charge < -0.3 is 4.74 Å². The Bertz CT molecular complexity index is 477. The zero-order valence-corrected chi connectivity index (χ0v) is 9.71. The second-order valence-electron chi connectivity index (χ2n) is 3.60. The molecule has 2 aromatic rings. The van der Waals surface area contributed by atoms with Crippen LogP contribution in [0.15, 0.2) is 53.8 Å². The van der Waals surface area contributed by atoms with Crippen molar-refractivity contribution in [2.24, 2.45) is 4.99 Å². The van der Waals surface area contributed by atoms with E-state index in [4.69, 9.17) is 4.74 Å². The molecule has 0 aliphatic heterocycles. The number of rotatable bonds is 4. The molecule has 86 valence electrons. The van der Waals surface area contributed by atoms with Gasteiger partial charge in [0.05, 0.1) is 13.7 Å². The third kappa shape index (κ3) is 3.41. The first kappa shape index (κ1) is 11.3. The van der Waals surface area contributed by atoms with E-state index in [0.29, 0.717) is 6.54 Å². The molecule has 17 heavy (non-hydrogen) atoms. The Labute approximate surface area is 101 Å². The lowest BCUT2D eigenvalue weighted by Gasteiger charge is -2.00. The van der Waals surface area contributed by atoms with Crippen LogP contribution in [0.4, 0.5) is 0 Å². The molecule has 0 saturated carbocycles. The van der Waals surface area contributed by atoms with E-state index < -0.39 is 0 Å². The number of hydrogen-bond donors (Lipinski definition) is 0. The lowest BCUT2D eigenvalue weighted by Crippen LogP contribution is -1.86. The number of benzene rings is 1. The van der Waals surface area contributed by atoms with Crippen LogP contribution < -0.4 is 4.74 Å². The van der Waals surface area contributed by atoms with Gasteiger partial charge in [-0.05, 0) is 23.8 Å². The fourth-order valence-corrected chi connectivity index (χ4v) is 1.44. The lowest BCUT2D eigenvalue weighted by atomic mass is 10.2. The highest BCUT2D eigenvalue weighted by Gasteiger charge is 1.92. The number of aliphatic imine (C=N–C) groups is 1. The van der Waals surface area contributed by atoms with Crippen molar-refractivity contribution in [2.75, 3.05) is 7.11 Å². The summed E-state index contributed by atoms with van der Waals surface area (Å²) in [5.74, 6) is 0.866. The standard InChI is InChI=1S/C14H14N2O/c1-17-14-6-4-12(5-7-14)9-16-11-13-3-2-8-15-10-13/h2-8,10-11H,9H2,1H3. The lowest BCUT2D eigenvalue weighted by molar-refractivity contribution is 0.414. The van der Waals surface area contributed by atoms with E-state index in [9.17, 15) is 0 Å². The van der Waals surface area contributed by atoms with Crippen LogP contribution in [0.2, 0.25) is 0 Å². The molecule has 0 atom stereocenters. The molecule has 0 radical (unpaired) electrons. The summed E-state index contributed by atoms with van der Waals surface area (Å²) in [6.07, 6.45) is 5.37. The van der Waals surface area contributed by atoms with E-state index >= 15 is 0 Å². The molecular weight excluding hydrogens is 212 g/mol. The smallest absolute Gasteiger partial charge is 0.118 e. The second kappa shape index (κ2) is 5.80. The van der Waals surface area contributed by atoms with E-state index in [1.165, 1.54) is 0 Å². The molecule has 1 aromatic carbocycles. The van der Waals surface area contributed by atoms with Gasteiger partial charge in [0.2, 0.25) is 0 Å². The van der Waals surface area contributed by atoms with Crippen molar-refractivity contribution >= 4 is 6.21 Å². The molecule has 0 amide bonds. The molecule has 1 aromatic heterocycles. The Morgan fingerprint density at radius 1 is 1.24 bits per heavy atom. The SMILES string of the molecule is COc1ccc(CN=Cc2cccnc2)cc1. The summed E-state index contributed by atoms with van der Waals surface area (Å²) in [5, 5.41) is 0. The number of ether oxygens (including phenoxy) is 1. The van der Waals surface area contributed by atoms with E-state index in [1.54, 1.807) is 19.5 Å². The molecule has 0 spiro atoms. The van der Waals surface area contributed by atoms with Crippen molar-refractivity contribution in [1.82, 2.24) is 4.98 Å². The number of pyridine rings is 1. The summed E-state index contributed by atoms with van der Waals surface area (Å²) in [5.41, 5.74) is 2.17. The van der Waals surface area contributed by atoms with Gasteiger partial charge in [-0.2, -0.15) is 0 Å². The summed E-state index contributed by atoms with van der Waals surface area (Å²) in [4.78, 5) is 8.39. The molecule has 3 heteroatoms. The Balaban J connectivity index is 1.95. The average Bonchev–Trinajstić information content (AvgIpc) is 2.41. The number of aromatic nitrogens is 1. The molecular formula is C14H14N2O. The van der Waals surface area contributed by atoms with Crippen molar-refractivity contribution < 1.29 is 4.74 Å². The monoisotopic (exact) mass is 226 g/mol. The highest BCUT2D eigenvalue weighted by molar-refractivity contribution is 5.78. The highest BCUT2D eigenvalue weighted by atomic mass is 16.5. The van der Waals surface area contributed by atoms with Gasteiger partial charge >= 0.3 is 0 Å². The molecule has 3 nitrogen and oxygen atoms in total. The Morgan fingerprint density at radius 3 is 2.71 bits per heavy atom. The fourth-order valence-electron chi connectivity index (χ4n) is 1.44. The minimum absolute atomic E-state index is 0.666. The van der Waals surface area contributed by atoms with Gasteiger partial charge in [-0.1, -0.05) is 18.2 Å². The van der Waals surface area contributed by atoms with Crippen LogP contribution in [-0.4, -0.2) is 18.3 Å². The van der Waals surface area contributed by atoms with Gasteiger partial charge in [-0.15, -0.1) is 0 Å². The van der Waals surface area contributed by atoms with E-state index in [2.05, 4.69) is 9.98 Å². The molecule has 0 saturated heterocycles. The summed E-state index contributed by atoms with van der Waals surface area (Å²) in [6, 6.07) is 11.8. The third-order valence-corrected chi connectivity index (χ3v) is 2.36. The van der Waals surface area contributed by atoms with Crippen LogP contribution >= 0.6 is 0 Å². The predicted molar refractivity (Wildman–Crippen MR) is 68.5 cm³/mol. The summed E-state index contributed by atoms with van der Waals surface area (Å²) in [7, 11) is 1.66. The van der Waals surface area contributed by atoms with Gasteiger partial charge in [0.1, 0.15) is 5.75 Å². The zero-order valence-electron chi connectivity index (χ0n) is 9.71. The maximum absolute atomic E-state index is 5.10. The van der Waals surface area contributed by atoms with Crippen LogP contribution in [0.3, 0.4) is 0 Å². The summed E-state index contributed by atoms with van der Waals surface area (Å²) in [6.45, 7) is 0.666. The van der Waals surface area contributed by atoms with Crippen molar-refractivity contribution in [3.05, 3.63) is 59.9 Å². The van der Waals surface area contributed by atoms with Crippen LogP contribution in [0.25, 0.3) is 0 Å². The molecule has 0 aliphatic carbocycles. The molecule has 0 bridgehead atoms. The first-order valence-electron chi connectivity index (χ1n) is 5.41. The molecule has 0 fully saturated rings. The Hall–Kier alpha value is -2.16. The van der Waals surface area contributed by atoms with Crippen molar-refractivity contribution in [1.29, 1.82) is 0 Å². The molecule has 2 rings (SSSR count). The summed E-state index contributed by atoms with van der Waals surface area (Å²) >= 11 is 0. The predicted octanol–water partition coefficient (Wildman–Crippen LogP) is 2.71. The van der Waals surface area contributed by atoms with Gasteiger partial charge in [0.25, 0.3) is 0 Å². The zero-order chi connectivity index (χ0) is 11.9. The maximum Gasteiger partial charge on any atom is 0.118 e. The first-order chi connectivity index (χ1) is 8.38. The minimum atomic E-state index is 0.666. The first-order valence-corrected chi connectivity index (χ1v) is 5.41. The highest BCUT2D eigenvalue weighted by Crippen LogP contribution is 2.11. The van der Waals surface area contributed by atoms with E-state index in [1.807, 2.05) is 42.6 Å². The summed E-state index contributed by atoms with van der Waals surface area (Å²) < 4.78 is 5.10. The van der Waals surface area contributed by atoms with Crippen LogP contribution in [-0.2, 0) is 6.54 Å². The van der Waals surface area contributed by atoms with Crippen molar-refractivity contribution in [2.45, 2.75) is 6.54 Å². The number of nitrogens with zero attached hydrogens (tertiary/aromatic N) is 2. The van der Waals surface area contributed by atoms with Crippen LogP contribution in [0, 0.1) is 0 Å². The second-order valence-corrected chi connectivity index (χ2v) is 3.60. The Morgan fingerprint density at radius 2 is 2.06 bits per heavy atom. The fraction of sp³-hybridized carbons (Fsp3) is 0.143. The minimum Gasteiger partial charge on any atom is -0.497 e. The largest absolute Gasteiger partial charge is 0.497 e. The average molecular weight is 226 g/mol. The number of methoxy groups -OCH3 is 1. The van der Waals surface area contributed by atoms with Crippen molar-refractivity contribution in [3.8, 4) is 5.75 Å². The van der Waals surface area contributed by atoms with Gasteiger partial charge in [0, 0.05) is 24.2 Å². The maximum atomic E-state index is 5.10. The van der Waals surface area contributed by atoms with Gasteiger partial charge in [0.15, 0.2) is 0 Å². The number of hydrogen-bond acceptors (Lipinski definition) is 3. The van der Waals surface area contributed by atoms with E-state index in [-0.39, 0.29) is 0 Å². The molecule has 0 unspecified atom stereocenters. The molecule has 0 N–H and O–H groups in total. The molecule has 0 aliphatic rings. The van der Waals surface area contributed by atoms with Crippen LogP contribution in [0.5, 0.6) is 5.75 Å². The Kier molecular flexibility index (Phi) is 3.86. The van der Waals surface area contributed by atoms with Crippen molar-refractivity contribution in [3.63, 3.8) is 0 Å². The van der Waals surface area contributed by atoms with Gasteiger partial charge in [-0.3, -0.25) is 9.98 Å². The van der Waals surface area contributed by atoms with Gasteiger partial charge in [-0.25, -0.2) is 0 Å². The van der Waals surface area contributed by atoms with Crippen LogP contribution in [0.1, 0.15) is 11.1 Å². The van der Waals surface area contributed by atoms with E-state index in [0.717, 1.165) is 16.9 Å². The topological polar surface area (TPSA) is 34.5 Å². The third-order valence-electron chi connectivity index (χ3n) is 2.36. The molecule has 1 heterocycles.